The summed E-state index contributed by atoms with van der Waals surface area (Å²) in [6.07, 6.45) is 0.972. The van der Waals surface area contributed by atoms with Gasteiger partial charge in [-0.2, -0.15) is 0 Å². The summed E-state index contributed by atoms with van der Waals surface area (Å²) in [7, 11) is 1.60. The fraction of sp³-hybridized carbons (Fsp3) is 0.217. The molecule has 0 atom stereocenters. The molecule has 0 saturated carbocycles. The van der Waals surface area contributed by atoms with Crippen molar-refractivity contribution < 1.29 is 13.9 Å². The average molecular weight is 444 g/mol. The van der Waals surface area contributed by atoms with Crippen LogP contribution in [0.15, 0.2) is 71.2 Å². The van der Waals surface area contributed by atoms with Crippen LogP contribution in [0.5, 0.6) is 11.5 Å². The number of benzene rings is 3. The highest BCUT2D eigenvalue weighted by Crippen LogP contribution is 2.34. The molecule has 0 unspecified atom stereocenters. The molecule has 0 radical (unpaired) electrons. The summed E-state index contributed by atoms with van der Waals surface area (Å²) in [5.74, 6) is 0.921. The van der Waals surface area contributed by atoms with Gasteiger partial charge in [0.05, 0.1) is 7.11 Å². The van der Waals surface area contributed by atoms with Crippen molar-refractivity contribution in [3.8, 4) is 11.5 Å². The molecule has 5 heteroatoms. The van der Waals surface area contributed by atoms with E-state index in [-0.39, 0.29) is 12.4 Å². The average Bonchev–Trinajstić information content (AvgIpc) is 2.72. The number of hydrogen-bond donors (Lipinski definition) is 1. The van der Waals surface area contributed by atoms with Gasteiger partial charge in [-0.05, 0) is 42.3 Å². The molecule has 0 aliphatic carbocycles. The Morgan fingerprint density at radius 1 is 0.929 bits per heavy atom. The number of nitrogens with one attached hydrogen (secondary N) is 1. The molecule has 3 rings (SSSR count). The Morgan fingerprint density at radius 2 is 1.68 bits per heavy atom. The van der Waals surface area contributed by atoms with Crippen molar-refractivity contribution >= 4 is 15.9 Å². The minimum Gasteiger partial charge on any atom is -0.493 e. The number of ether oxygens (including phenoxy) is 2. The van der Waals surface area contributed by atoms with Gasteiger partial charge in [-0.1, -0.05) is 64.5 Å². The maximum atomic E-state index is 13.8. The molecule has 0 bridgehead atoms. The van der Waals surface area contributed by atoms with Gasteiger partial charge in [0.15, 0.2) is 11.5 Å². The first kappa shape index (κ1) is 20.4. The molecule has 0 aliphatic rings. The Balaban J connectivity index is 1.60. The van der Waals surface area contributed by atoms with E-state index in [1.807, 2.05) is 18.2 Å². The lowest BCUT2D eigenvalue weighted by atomic mass is 10.1. The van der Waals surface area contributed by atoms with Gasteiger partial charge in [-0.15, -0.1) is 0 Å². The minimum absolute atomic E-state index is 0.143. The Labute approximate surface area is 173 Å². The van der Waals surface area contributed by atoms with E-state index < -0.39 is 0 Å². The normalized spacial score (nSPS) is 10.7. The largest absolute Gasteiger partial charge is 0.493 e. The van der Waals surface area contributed by atoms with Gasteiger partial charge >= 0.3 is 0 Å². The first-order valence-electron chi connectivity index (χ1n) is 9.14. The fourth-order valence-corrected chi connectivity index (χ4v) is 3.32. The molecule has 0 heterocycles. The van der Waals surface area contributed by atoms with Crippen LogP contribution >= 0.6 is 15.9 Å². The van der Waals surface area contributed by atoms with E-state index in [0.717, 1.165) is 23.0 Å². The fourth-order valence-electron chi connectivity index (χ4n) is 2.86. The van der Waals surface area contributed by atoms with Crippen molar-refractivity contribution in [3.05, 3.63) is 93.7 Å². The molecule has 1 N–H and O–H groups in total. The highest BCUT2D eigenvalue weighted by Gasteiger charge is 2.11. The van der Waals surface area contributed by atoms with Gasteiger partial charge in [0.2, 0.25) is 0 Å². The second-order valence-corrected chi connectivity index (χ2v) is 7.24. The minimum atomic E-state index is -0.278. The lowest BCUT2D eigenvalue weighted by Crippen LogP contribution is -2.17. The summed E-state index contributed by atoms with van der Waals surface area (Å²) in [5.41, 5.74) is 2.89. The van der Waals surface area contributed by atoms with Crippen molar-refractivity contribution in [2.45, 2.75) is 19.6 Å². The van der Waals surface area contributed by atoms with E-state index in [1.54, 1.807) is 25.3 Å². The Hall–Kier alpha value is -2.37. The summed E-state index contributed by atoms with van der Waals surface area (Å²) in [4.78, 5) is 0. The standard InChI is InChI=1S/C23H23BrFNO2/c1-27-22-13-19(15-26-12-11-17-7-3-2-4-8-17)20(24)14-23(22)28-16-18-9-5-6-10-21(18)25/h2-10,13-14,26H,11-12,15-16H2,1H3. The molecule has 3 aromatic carbocycles. The van der Waals surface area contributed by atoms with Crippen LogP contribution in [0.25, 0.3) is 0 Å². The molecule has 0 saturated heterocycles. The third kappa shape index (κ3) is 5.57. The predicted octanol–water partition coefficient (Wildman–Crippen LogP) is 5.51. The maximum absolute atomic E-state index is 13.8. The quantitative estimate of drug-likeness (QED) is 0.442. The van der Waals surface area contributed by atoms with E-state index in [0.29, 0.717) is 23.6 Å². The number of methoxy groups -OCH3 is 1. The summed E-state index contributed by atoms with van der Waals surface area (Å²) in [6.45, 7) is 1.73. The number of hydrogen-bond acceptors (Lipinski definition) is 3. The van der Waals surface area contributed by atoms with Crippen LogP contribution in [0, 0.1) is 5.82 Å². The van der Waals surface area contributed by atoms with Gasteiger partial charge in [0.1, 0.15) is 12.4 Å². The highest BCUT2D eigenvalue weighted by molar-refractivity contribution is 9.10. The first-order chi connectivity index (χ1) is 13.7. The Morgan fingerprint density at radius 3 is 2.43 bits per heavy atom. The summed E-state index contributed by atoms with van der Waals surface area (Å²) >= 11 is 3.60. The van der Waals surface area contributed by atoms with Crippen LogP contribution in [0.3, 0.4) is 0 Å². The SMILES string of the molecule is COc1cc(CNCCc2ccccc2)c(Br)cc1OCc1ccccc1F. The van der Waals surface area contributed by atoms with Gasteiger partial charge in [-0.3, -0.25) is 0 Å². The smallest absolute Gasteiger partial charge is 0.162 e. The van der Waals surface area contributed by atoms with Crippen LogP contribution in [-0.4, -0.2) is 13.7 Å². The van der Waals surface area contributed by atoms with Gasteiger partial charge in [0.25, 0.3) is 0 Å². The zero-order chi connectivity index (χ0) is 19.8. The van der Waals surface area contributed by atoms with Crippen molar-refractivity contribution in [2.24, 2.45) is 0 Å². The lowest BCUT2D eigenvalue weighted by Gasteiger charge is -2.15. The van der Waals surface area contributed by atoms with Gasteiger partial charge < -0.3 is 14.8 Å². The molecule has 146 valence electrons. The van der Waals surface area contributed by atoms with Crippen LogP contribution in [0.2, 0.25) is 0 Å². The summed E-state index contributed by atoms with van der Waals surface area (Å²) < 4.78 is 26.0. The molecule has 0 fully saturated rings. The molecule has 28 heavy (non-hydrogen) atoms. The zero-order valence-corrected chi connectivity index (χ0v) is 17.3. The van der Waals surface area contributed by atoms with Crippen LogP contribution in [0.4, 0.5) is 4.39 Å². The molecule has 0 aromatic heterocycles. The zero-order valence-electron chi connectivity index (χ0n) is 15.8. The molecule has 0 aliphatic heterocycles. The maximum Gasteiger partial charge on any atom is 0.162 e. The first-order valence-corrected chi connectivity index (χ1v) is 9.94. The molecule has 0 amide bonds. The second kappa shape index (κ2) is 10.2. The second-order valence-electron chi connectivity index (χ2n) is 6.39. The summed E-state index contributed by atoms with van der Waals surface area (Å²) in [5, 5.41) is 3.45. The topological polar surface area (TPSA) is 30.5 Å². The van der Waals surface area contributed by atoms with Crippen LogP contribution in [-0.2, 0) is 19.6 Å². The van der Waals surface area contributed by atoms with E-state index in [1.165, 1.54) is 11.6 Å². The Kier molecular flexibility index (Phi) is 7.46. The van der Waals surface area contributed by atoms with E-state index >= 15 is 0 Å². The van der Waals surface area contributed by atoms with E-state index in [9.17, 15) is 4.39 Å². The molecule has 3 aromatic rings. The third-order valence-electron chi connectivity index (χ3n) is 4.42. The highest BCUT2D eigenvalue weighted by atomic mass is 79.9. The van der Waals surface area contributed by atoms with Crippen LogP contribution in [0.1, 0.15) is 16.7 Å². The predicted molar refractivity (Wildman–Crippen MR) is 113 cm³/mol. The Bertz CT molecular complexity index is 902. The van der Waals surface area contributed by atoms with Crippen molar-refractivity contribution in [3.63, 3.8) is 0 Å². The van der Waals surface area contributed by atoms with Crippen LogP contribution < -0.4 is 14.8 Å². The van der Waals surface area contributed by atoms with E-state index in [4.69, 9.17) is 9.47 Å². The molecular formula is C23H23BrFNO2. The summed E-state index contributed by atoms with van der Waals surface area (Å²) in [6, 6.07) is 20.8. The monoisotopic (exact) mass is 443 g/mol. The number of halogens is 2. The molecular weight excluding hydrogens is 421 g/mol. The van der Waals surface area contributed by atoms with E-state index in [2.05, 4.69) is 45.5 Å². The molecule has 3 nitrogen and oxygen atoms in total. The van der Waals surface area contributed by atoms with Crippen molar-refractivity contribution in [2.75, 3.05) is 13.7 Å². The van der Waals surface area contributed by atoms with Gasteiger partial charge in [-0.25, -0.2) is 4.39 Å². The van der Waals surface area contributed by atoms with Gasteiger partial charge in [0, 0.05) is 16.6 Å². The lowest BCUT2D eigenvalue weighted by molar-refractivity contribution is 0.279. The third-order valence-corrected chi connectivity index (χ3v) is 5.16. The molecule has 0 spiro atoms. The number of rotatable bonds is 9. The van der Waals surface area contributed by atoms with Crippen molar-refractivity contribution in [1.82, 2.24) is 5.32 Å². The van der Waals surface area contributed by atoms with Crippen molar-refractivity contribution in [1.29, 1.82) is 0 Å².